The molecule has 1 aliphatic heterocycles. The fraction of sp³-hybridized carbons (Fsp3) is 0.375. The minimum absolute atomic E-state index is 0.0780. The average Bonchev–Trinajstić information content (AvgIpc) is 2.77. The molecule has 0 radical (unpaired) electrons. The fourth-order valence-corrected chi connectivity index (χ4v) is 1.72. The first-order chi connectivity index (χ1) is 6.77. The van der Waals surface area contributed by atoms with Crippen LogP contribution in [0.2, 0.25) is 0 Å². The minimum atomic E-state index is -0.111. The summed E-state index contributed by atoms with van der Waals surface area (Å²) in [5.41, 5.74) is 6.48. The number of aromatic nitrogens is 1. The van der Waals surface area contributed by atoms with Crippen molar-refractivity contribution in [3.63, 3.8) is 0 Å². The van der Waals surface area contributed by atoms with Crippen LogP contribution in [0.3, 0.4) is 0 Å². The molecule has 2 unspecified atom stereocenters. The largest absolute Gasteiger partial charge is 0.357 e. The second-order valence-corrected chi connectivity index (χ2v) is 4.25. The summed E-state index contributed by atoms with van der Waals surface area (Å²) < 4.78 is 0. The van der Waals surface area contributed by atoms with Crippen molar-refractivity contribution in [2.45, 2.75) is 11.0 Å². The second kappa shape index (κ2) is 4.12. The minimum Gasteiger partial charge on any atom is -0.357 e. The molecule has 6 heteroatoms. The number of H-pyrrole nitrogens is 1. The van der Waals surface area contributed by atoms with Gasteiger partial charge < -0.3 is 10.3 Å². The number of carbonyl (C=O) groups excluding carboxylic acids is 1. The normalized spacial score (nSPS) is 26.4. The first-order valence-electron chi connectivity index (χ1n) is 4.34. The number of hydrazine groups is 1. The van der Waals surface area contributed by atoms with E-state index < -0.39 is 0 Å². The lowest BCUT2D eigenvalue weighted by molar-refractivity contribution is 0.0929. The molecular weight excluding hydrogens is 248 g/mol. The zero-order chi connectivity index (χ0) is 9.97. The monoisotopic (exact) mass is 258 g/mol. The summed E-state index contributed by atoms with van der Waals surface area (Å²) in [6.07, 6.45) is 1.65. The molecule has 0 aromatic carbocycles. The van der Waals surface area contributed by atoms with Crippen molar-refractivity contribution >= 4 is 21.8 Å². The summed E-state index contributed by atoms with van der Waals surface area (Å²) in [5, 5.41) is 2.84. The molecule has 2 heterocycles. The number of nitrogens with one attached hydrogen (secondary N) is 4. The maximum Gasteiger partial charge on any atom is 0.268 e. The molecule has 14 heavy (non-hydrogen) atoms. The first kappa shape index (κ1) is 9.70. The van der Waals surface area contributed by atoms with Crippen molar-refractivity contribution in [1.82, 2.24) is 21.2 Å². The third-order valence-electron chi connectivity index (χ3n) is 2.05. The Morgan fingerprint density at radius 2 is 2.50 bits per heavy atom. The molecule has 0 spiro atoms. The summed E-state index contributed by atoms with van der Waals surface area (Å²) in [7, 11) is 0. The maximum absolute atomic E-state index is 11.6. The summed E-state index contributed by atoms with van der Waals surface area (Å²) in [6.45, 7) is 0.787. The molecule has 2 rings (SSSR count). The molecule has 1 saturated heterocycles. The van der Waals surface area contributed by atoms with Gasteiger partial charge in [0.2, 0.25) is 0 Å². The fourth-order valence-electron chi connectivity index (χ4n) is 1.29. The Morgan fingerprint density at radius 3 is 3.07 bits per heavy atom. The molecule has 0 saturated carbocycles. The van der Waals surface area contributed by atoms with Gasteiger partial charge in [-0.25, -0.2) is 5.43 Å². The summed E-state index contributed by atoms with van der Waals surface area (Å²) in [6, 6.07) is 3.53. The Morgan fingerprint density at radius 1 is 1.64 bits per heavy atom. The Balaban J connectivity index is 1.95. The molecule has 2 atom stereocenters. The van der Waals surface area contributed by atoms with Gasteiger partial charge in [-0.1, -0.05) is 15.9 Å². The predicted molar refractivity (Wildman–Crippen MR) is 55.9 cm³/mol. The van der Waals surface area contributed by atoms with E-state index in [1.165, 1.54) is 0 Å². The summed E-state index contributed by atoms with van der Waals surface area (Å²) in [4.78, 5) is 14.6. The number of carbonyl (C=O) groups is 1. The topological polar surface area (TPSA) is 69.0 Å². The van der Waals surface area contributed by atoms with Gasteiger partial charge >= 0.3 is 0 Å². The zero-order valence-electron chi connectivity index (χ0n) is 7.38. The van der Waals surface area contributed by atoms with Crippen LogP contribution in [0.4, 0.5) is 0 Å². The number of hydrogen-bond acceptors (Lipinski definition) is 3. The zero-order valence-corrected chi connectivity index (χ0v) is 8.97. The van der Waals surface area contributed by atoms with Crippen LogP contribution in [-0.4, -0.2) is 28.4 Å². The van der Waals surface area contributed by atoms with Crippen LogP contribution in [0.1, 0.15) is 10.5 Å². The lowest BCUT2D eigenvalue weighted by Gasteiger charge is -2.14. The summed E-state index contributed by atoms with van der Waals surface area (Å²) >= 11 is 3.45. The Kier molecular flexibility index (Phi) is 2.85. The standard InChI is InChI=1S/C8H11BrN4O/c9-5-4-11-13-7(5)12-8(14)6-2-1-3-10-6/h1-3,5,7,10-11,13H,4H2,(H,12,14). The van der Waals surface area contributed by atoms with E-state index in [2.05, 4.69) is 37.1 Å². The average molecular weight is 259 g/mol. The van der Waals surface area contributed by atoms with Gasteiger partial charge in [0.15, 0.2) is 0 Å². The van der Waals surface area contributed by atoms with E-state index in [0.29, 0.717) is 5.69 Å². The van der Waals surface area contributed by atoms with Gasteiger partial charge in [-0.3, -0.25) is 10.2 Å². The van der Waals surface area contributed by atoms with Crippen molar-refractivity contribution in [2.24, 2.45) is 0 Å². The molecule has 1 aromatic rings. The van der Waals surface area contributed by atoms with E-state index in [4.69, 9.17) is 0 Å². The number of amides is 1. The van der Waals surface area contributed by atoms with Gasteiger partial charge in [0.1, 0.15) is 11.9 Å². The molecule has 1 aliphatic rings. The molecule has 0 aliphatic carbocycles. The Hall–Kier alpha value is -0.850. The van der Waals surface area contributed by atoms with E-state index in [0.717, 1.165) is 6.54 Å². The lowest BCUT2D eigenvalue weighted by atomic mass is 10.3. The van der Waals surface area contributed by atoms with E-state index in [9.17, 15) is 4.79 Å². The Bertz CT molecular complexity index is 313. The molecule has 1 aromatic heterocycles. The highest BCUT2D eigenvalue weighted by molar-refractivity contribution is 9.09. The molecule has 1 fully saturated rings. The van der Waals surface area contributed by atoms with Crippen LogP contribution < -0.4 is 16.2 Å². The van der Waals surface area contributed by atoms with Crippen LogP contribution in [0.15, 0.2) is 18.3 Å². The van der Waals surface area contributed by atoms with Gasteiger partial charge in [0.05, 0.1) is 4.83 Å². The third-order valence-corrected chi connectivity index (χ3v) is 2.90. The maximum atomic E-state index is 11.6. The molecule has 0 bridgehead atoms. The molecule has 76 valence electrons. The highest BCUT2D eigenvalue weighted by Gasteiger charge is 2.25. The van der Waals surface area contributed by atoms with Crippen molar-refractivity contribution in [3.05, 3.63) is 24.0 Å². The predicted octanol–water partition coefficient (Wildman–Crippen LogP) is -0.0581. The molecular formula is C8H11BrN4O. The molecule has 1 amide bonds. The van der Waals surface area contributed by atoms with Crippen LogP contribution in [0, 0.1) is 0 Å². The second-order valence-electron chi connectivity index (χ2n) is 3.08. The quantitative estimate of drug-likeness (QED) is 0.562. The number of rotatable bonds is 2. The van der Waals surface area contributed by atoms with Crippen LogP contribution in [0.25, 0.3) is 0 Å². The van der Waals surface area contributed by atoms with E-state index >= 15 is 0 Å². The third kappa shape index (κ3) is 1.97. The van der Waals surface area contributed by atoms with Gasteiger partial charge in [0, 0.05) is 12.7 Å². The highest BCUT2D eigenvalue weighted by Crippen LogP contribution is 2.07. The van der Waals surface area contributed by atoms with E-state index in [1.54, 1.807) is 18.3 Å². The van der Waals surface area contributed by atoms with E-state index in [1.807, 2.05) is 0 Å². The number of alkyl halides is 1. The Labute approximate surface area is 89.7 Å². The van der Waals surface area contributed by atoms with Crippen LogP contribution in [0.5, 0.6) is 0 Å². The van der Waals surface area contributed by atoms with E-state index in [-0.39, 0.29) is 16.9 Å². The van der Waals surface area contributed by atoms with Crippen LogP contribution in [-0.2, 0) is 0 Å². The van der Waals surface area contributed by atoms with Gasteiger partial charge in [0.25, 0.3) is 5.91 Å². The van der Waals surface area contributed by atoms with Crippen molar-refractivity contribution < 1.29 is 4.79 Å². The smallest absolute Gasteiger partial charge is 0.268 e. The van der Waals surface area contributed by atoms with Crippen LogP contribution >= 0.6 is 15.9 Å². The van der Waals surface area contributed by atoms with Gasteiger partial charge in [-0.15, -0.1) is 0 Å². The summed E-state index contributed by atoms with van der Waals surface area (Å²) in [5.74, 6) is -0.111. The lowest BCUT2D eigenvalue weighted by Crippen LogP contribution is -2.47. The van der Waals surface area contributed by atoms with Gasteiger partial charge in [-0.05, 0) is 12.1 Å². The highest BCUT2D eigenvalue weighted by atomic mass is 79.9. The van der Waals surface area contributed by atoms with Crippen molar-refractivity contribution in [1.29, 1.82) is 0 Å². The first-order valence-corrected chi connectivity index (χ1v) is 5.25. The van der Waals surface area contributed by atoms with Gasteiger partial charge in [-0.2, -0.15) is 0 Å². The molecule has 5 nitrogen and oxygen atoms in total. The SMILES string of the molecule is O=C(NC1NNCC1Br)c1ccc[nH]1. The van der Waals surface area contributed by atoms with Crippen molar-refractivity contribution in [3.8, 4) is 0 Å². The molecule has 4 N–H and O–H groups in total. The number of halogens is 1. The number of aromatic amines is 1. The number of hydrogen-bond donors (Lipinski definition) is 4. The van der Waals surface area contributed by atoms with Crippen molar-refractivity contribution in [2.75, 3.05) is 6.54 Å².